The molecule has 0 spiro atoms. The van der Waals surface area contributed by atoms with E-state index in [9.17, 15) is 19.2 Å². The Bertz CT molecular complexity index is 1520. The van der Waals surface area contributed by atoms with Crippen LogP contribution >= 0.6 is 0 Å². The van der Waals surface area contributed by atoms with Crippen LogP contribution in [0.5, 0.6) is 11.5 Å². The fourth-order valence-electron chi connectivity index (χ4n) is 4.34. The predicted molar refractivity (Wildman–Crippen MR) is 154 cm³/mol. The van der Waals surface area contributed by atoms with Gasteiger partial charge in [-0.05, 0) is 78.9 Å². The van der Waals surface area contributed by atoms with Crippen molar-refractivity contribution in [1.29, 1.82) is 0 Å². The number of allylic oxidation sites excluding steroid dienone is 1. The third kappa shape index (κ3) is 6.52. The molecule has 1 heterocycles. The Labute approximate surface area is 237 Å². The Morgan fingerprint density at radius 2 is 1.66 bits per heavy atom. The number of amides is 4. The van der Waals surface area contributed by atoms with Crippen molar-refractivity contribution in [1.82, 2.24) is 5.32 Å². The van der Waals surface area contributed by atoms with Crippen LogP contribution in [-0.4, -0.2) is 35.5 Å². The zero-order valence-corrected chi connectivity index (χ0v) is 22.8. The topological polar surface area (TPSA) is 122 Å². The van der Waals surface area contributed by atoms with Crippen molar-refractivity contribution < 1.29 is 33.8 Å². The summed E-state index contributed by atoms with van der Waals surface area (Å²) in [5.74, 6) is -1.69. The molecule has 1 saturated heterocycles. The van der Waals surface area contributed by atoms with E-state index >= 15 is 0 Å². The minimum atomic E-state index is -1.01. The van der Waals surface area contributed by atoms with Gasteiger partial charge in [-0.25, -0.2) is 14.5 Å². The maximum atomic E-state index is 13.4. The van der Waals surface area contributed by atoms with Crippen LogP contribution in [0.25, 0.3) is 6.08 Å². The van der Waals surface area contributed by atoms with Gasteiger partial charge in [-0.2, -0.15) is 0 Å². The predicted octanol–water partition coefficient (Wildman–Crippen LogP) is 5.32. The van der Waals surface area contributed by atoms with E-state index in [-0.39, 0.29) is 17.7 Å². The molecule has 3 aromatic rings. The second-order valence-electron chi connectivity index (χ2n) is 9.20. The van der Waals surface area contributed by atoms with Gasteiger partial charge in [0.1, 0.15) is 12.2 Å². The lowest BCUT2D eigenvalue weighted by Gasteiger charge is -2.26. The van der Waals surface area contributed by atoms with E-state index in [1.54, 1.807) is 42.5 Å². The number of aryl methyl sites for hydroxylation is 1. The van der Waals surface area contributed by atoms with E-state index in [1.165, 1.54) is 18.2 Å². The number of aromatic carboxylic acids is 1. The van der Waals surface area contributed by atoms with Crippen LogP contribution in [0.15, 0.2) is 78.9 Å². The molecule has 4 amide bonds. The molecule has 2 N–H and O–H groups in total. The third-order valence-electron chi connectivity index (χ3n) is 6.42. The van der Waals surface area contributed by atoms with Gasteiger partial charge >= 0.3 is 12.0 Å². The number of nitrogens with zero attached hydrogens (tertiary/aromatic N) is 1. The first-order valence-electron chi connectivity index (χ1n) is 13.1. The number of ether oxygens (including phenoxy) is 2. The van der Waals surface area contributed by atoms with Gasteiger partial charge in [0.25, 0.3) is 11.8 Å². The molecule has 9 nitrogen and oxygen atoms in total. The maximum absolute atomic E-state index is 13.4. The lowest BCUT2D eigenvalue weighted by Crippen LogP contribution is -2.54. The number of carboxylic acids is 1. The monoisotopic (exact) mass is 554 g/mol. The molecule has 0 aliphatic carbocycles. The second-order valence-corrected chi connectivity index (χ2v) is 9.20. The highest BCUT2D eigenvalue weighted by atomic mass is 16.5. The maximum Gasteiger partial charge on any atom is 0.335 e. The summed E-state index contributed by atoms with van der Waals surface area (Å²) in [5.41, 5.74) is 3.32. The second kappa shape index (κ2) is 12.8. The van der Waals surface area contributed by atoms with Gasteiger partial charge in [0.15, 0.2) is 11.5 Å². The molecular weight excluding hydrogens is 524 g/mol. The lowest BCUT2D eigenvalue weighted by atomic mass is 10.0. The Balaban J connectivity index is 1.68. The van der Waals surface area contributed by atoms with Crippen LogP contribution in [0.4, 0.5) is 10.5 Å². The van der Waals surface area contributed by atoms with Crippen molar-refractivity contribution in [3.05, 3.63) is 107 Å². The summed E-state index contributed by atoms with van der Waals surface area (Å²) in [4.78, 5) is 50.8. The summed E-state index contributed by atoms with van der Waals surface area (Å²) in [6, 6.07) is 15.9. The minimum absolute atomic E-state index is 0.152. The van der Waals surface area contributed by atoms with Gasteiger partial charge in [-0.3, -0.25) is 14.9 Å². The number of hydrogen-bond acceptors (Lipinski definition) is 6. The van der Waals surface area contributed by atoms with E-state index in [1.807, 2.05) is 26.0 Å². The molecule has 0 bridgehead atoms. The molecule has 3 aromatic carbocycles. The average molecular weight is 555 g/mol. The Hall–Kier alpha value is -5.18. The van der Waals surface area contributed by atoms with Gasteiger partial charge < -0.3 is 14.6 Å². The SMILES string of the molecule is C=CCc1cc(/C=C2/C(=O)NC(=O)N(c3ccc(CC)cc3)C2=O)cc(OCC)c1OCc1ccc(C(=O)O)cc1. The van der Waals surface area contributed by atoms with Crippen LogP contribution in [0.3, 0.4) is 0 Å². The number of carboxylic acid groups (broad SMARTS) is 1. The molecule has 0 saturated carbocycles. The molecule has 41 heavy (non-hydrogen) atoms. The van der Waals surface area contributed by atoms with Crippen molar-refractivity contribution in [3.63, 3.8) is 0 Å². The van der Waals surface area contributed by atoms with E-state index in [0.29, 0.717) is 41.3 Å². The normalized spacial score (nSPS) is 14.1. The first-order valence-corrected chi connectivity index (χ1v) is 13.1. The zero-order valence-electron chi connectivity index (χ0n) is 22.8. The standard InChI is InChI=1S/C32H30N2O7/c1-4-7-24-16-22(18-27(40-6-3)28(24)41-19-21-8-12-23(13-9-21)31(37)38)17-26-29(35)33-32(39)34(30(26)36)25-14-10-20(5-2)11-15-25/h4,8-18H,1,5-7,19H2,2-3H3,(H,37,38)(H,33,35,39)/b26-17-. The molecular formula is C32H30N2O7. The van der Waals surface area contributed by atoms with Gasteiger partial charge in [0.05, 0.1) is 17.9 Å². The lowest BCUT2D eigenvalue weighted by molar-refractivity contribution is -0.122. The molecule has 1 aliphatic heterocycles. The molecule has 0 atom stereocenters. The molecule has 0 radical (unpaired) electrons. The van der Waals surface area contributed by atoms with Crippen LogP contribution < -0.4 is 19.7 Å². The molecule has 1 aliphatic rings. The van der Waals surface area contributed by atoms with E-state index in [0.717, 1.165) is 22.4 Å². The Kier molecular flexibility index (Phi) is 8.98. The number of anilines is 1. The van der Waals surface area contributed by atoms with Gasteiger partial charge in [0.2, 0.25) is 0 Å². The fourth-order valence-corrected chi connectivity index (χ4v) is 4.34. The van der Waals surface area contributed by atoms with Crippen LogP contribution in [0, 0.1) is 0 Å². The number of benzene rings is 3. The van der Waals surface area contributed by atoms with Crippen molar-refractivity contribution in [2.45, 2.75) is 33.3 Å². The Morgan fingerprint density at radius 3 is 2.27 bits per heavy atom. The van der Waals surface area contributed by atoms with Crippen molar-refractivity contribution >= 4 is 35.6 Å². The smallest absolute Gasteiger partial charge is 0.335 e. The van der Waals surface area contributed by atoms with Gasteiger partial charge in [0, 0.05) is 5.56 Å². The van der Waals surface area contributed by atoms with Crippen molar-refractivity contribution in [2.75, 3.05) is 11.5 Å². The van der Waals surface area contributed by atoms with Crippen molar-refractivity contribution in [2.24, 2.45) is 0 Å². The molecule has 1 fully saturated rings. The zero-order chi connectivity index (χ0) is 29.5. The summed E-state index contributed by atoms with van der Waals surface area (Å²) < 4.78 is 12.0. The van der Waals surface area contributed by atoms with Crippen LogP contribution in [-0.2, 0) is 29.0 Å². The molecule has 4 rings (SSSR count). The summed E-state index contributed by atoms with van der Waals surface area (Å²) in [7, 11) is 0. The van der Waals surface area contributed by atoms with Crippen LogP contribution in [0.2, 0.25) is 0 Å². The fraction of sp³-hybridized carbons (Fsp3) is 0.188. The largest absolute Gasteiger partial charge is 0.490 e. The third-order valence-corrected chi connectivity index (χ3v) is 6.42. The number of barbiturate groups is 1. The summed E-state index contributed by atoms with van der Waals surface area (Å²) in [6.07, 6.45) is 4.31. The number of nitrogens with one attached hydrogen (secondary N) is 1. The highest BCUT2D eigenvalue weighted by Crippen LogP contribution is 2.36. The Morgan fingerprint density at radius 1 is 0.976 bits per heavy atom. The summed E-state index contributed by atoms with van der Waals surface area (Å²) in [6.45, 7) is 8.12. The number of imide groups is 2. The highest BCUT2D eigenvalue weighted by Gasteiger charge is 2.36. The average Bonchev–Trinajstić information content (AvgIpc) is 2.95. The summed E-state index contributed by atoms with van der Waals surface area (Å²) >= 11 is 0. The quantitative estimate of drug-likeness (QED) is 0.187. The van der Waals surface area contributed by atoms with Crippen molar-refractivity contribution in [3.8, 4) is 11.5 Å². The molecule has 9 heteroatoms. The van der Waals surface area contributed by atoms with Gasteiger partial charge in [-0.1, -0.05) is 37.3 Å². The number of rotatable bonds is 11. The molecule has 0 aromatic heterocycles. The summed E-state index contributed by atoms with van der Waals surface area (Å²) in [5, 5.41) is 11.4. The van der Waals surface area contributed by atoms with Crippen LogP contribution in [0.1, 0.15) is 46.5 Å². The minimum Gasteiger partial charge on any atom is -0.490 e. The van der Waals surface area contributed by atoms with E-state index < -0.39 is 23.8 Å². The number of carbonyl (C=O) groups is 4. The van der Waals surface area contributed by atoms with E-state index in [2.05, 4.69) is 11.9 Å². The van der Waals surface area contributed by atoms with Gasteiger partial charge in [-0.15, -0.1) is 6.58 Å². The molecule has 0 unspecified atom stereocenters. The first-order chi connectivity index (χ1) is 19.7. The highest BCUT2D eigenvalue weighted by molar-refractivity contribution is 6.39. The first kappa shape index (κ1) is 28.8. The number of carbonyl (C=O) groups excluding carboxylic acids is 3. The number of hydrogen-bond donors (Lipinski definition) is 2. The molecule has 210 valence electrons. The number of urea groups is 1. The van der Waals surface area contributed by atoms with E-state index in [4.69, 9.17) is 14.6 Å².